The summed E-state index contributed by atoms with van der Waals surface area (Å²) < 4.78 is 22.0. The van der Waals surface area contributed by atoms with Gasteiger partial charge in [-0.3, -0.25) is 0 Å². The first-order valence-corrected chi connectivity index (χ1v) is 8.36. The molecule has 0 amide bonds. The van der Waals surface area contributed by atoms with Gasteiger partial charge in [-0.25, -0.2) is 0 Å². The standard InChI is InChI=1S/C22H24O4/c1-12(2)22-13(3)14-8-18(23-4)19(24-5)9-15(14)16-10-20(25-6)21(26-7)11-17(16)22/h8-11H,1H2,2-7H3. The molecule has 0 N–H and O–H groups in total. The van der Waals surface area contributed by atoms with Crippen LogP contribution in [0, 0.1) is 6.92 Å². The van der Waals surface area contributed by atoms with Crippen molar-refractivity contribution in [2.24, 2.45) is 0 Å². The van der Waals surface area contributed by atoms with Crippen LogP contribution in [0.3, 0.4) is 0 Å². The zero-order valence-corrected chi connectivity index (χ0v) is 16.1. The summed E-state index contributed by atoms with van der Waals surface area (Å²) in [5, 5.41) is 4.30. The number of benzene rings is 3. The molecule has 4 heteroatoms. The van der Waals surface area contributed by atoms with Crippen LogP contribution >= 0.6 is 0 Å². The summed E-state index contributed by atoms with van der Waals surface area (Å²) in [5.74, 6) is 2.78. The Hall–Kier alpha value is -2.88. The minimum absolute atomic E-state index is 0.688. The van der Waals surface area contributed by atoms with Crippen LogP contribution in [0.15, 0.2) is 30.8 Å². The lowest BCUT2D eigenvalue weighted by Crippen LogP contribution is -1.97. The maximum Gasteiger partial charge on any atom is 0.161 e. The van der Waals surface area contributed by atoms with Gasteiger partial charge in [0.1, 0.15) is 0 Å². The summed E-state index contributed by atoms with van der Waals surface area (Å²) in [6.45, 7) is 8.31. The summed E-state index contributed by atoms with van der Waals surface area (Å²) in [4.78, 5) is 0. The number of allylic oxidation sites excluding steroid dienone is 1. The van der Waals surface area contributed by atoms with E-state index in [1.807, 2.05) is 31.2 Å². The Balaban J connectivity index is 2.59. The Morgan fingerprint density at radius 2 is 1.00 bits per heavy atom. The summed E-state index contributed by atoms with van der Waals surface area (Å²) in [7, 11) is 6.58. The lowest BCUT2D eigenvalue weighted by molar-refractivity contribution is 0.355. The second-order valence-corrected chi connectivity index (χ2v) is 6.29. The second-order valence-electron chi connectivity index (χ2n) is 6.29. The van der Waals surface area contributed by atoms with E-state index in [0.29, 0.717) is 23.0 Å². The topological polar surface area (TPSA) is 36.9 Å². The van der Waals surface area contributed by atoms with Gasteiger partial charge in [0.2, 0.25) is 0 Å². The first-order chi connectivity index (χ1) is 12.5. The molecular weight excluding hydrogens is 328 g/mol. The zero-order valence-electron chi connectivity index (χ0n) is 16.1. The molecule has 0 aromatic heterocycles. The molecule has 0 aliphatic carbocycles. The van der Waals surface area contributed by atoms with E-state index in [1.54, 1.807) is 28.4 Å². The third kappa shape index (κ3) is 2.62. The monoisotopic (exact) mass is 352 g/mol. The predicted molar refractivity (Wildman–Crippen MR) is 107 cm³/mol. The fourth-order valence-electron chi connectivity index (χ4n) is 3.61. The van der Waals surface area contributed by atoms with Crippen LogP contribution in [0.4, 0.5) is 0 Å². The van der Waals surface area contributed by atoms with Gasteiger partial charge in [0.05, 0.1) is 28.4 Å². The lowest BCUT2D eigenvalue weighted by Gasteiger charge is -2.19. The number of rotatable bonds is 5. The highest BCUT2D eigenvalue weighted by molar-refractivity contribution is 6.15. The summed E-state index contributed by atoms with van der Waals surface area (Å²) in [5.41, 5.74) is 3.25. The molecule has 0 fully saturated rings. The average molecular weight is 352 g/mol. The lowest BCUT2D eigenvalue weighted by atomic mass is 9.89. The van der Waals surface area contributed by atoms with E-state index in [0.717, 1.165) is 38.2 Å². The van der Waals surface area contributed by atoms with E-state index >= 15 is 0 Å². The molecule has 0 saturated carbocycles. The smallest absolute Gasteiger partial charge is 0.161 e. The van der Waals surface area contributed by atoms with Gasteiger partial charge >= 0.3 is 0 Å². The van der Waals surface area contributed by atoms with Crippen LogP contribution in [-0.2, 0) is 0 Å². The highest BCUT2D eigenvalue weighted by atomic mass is 16.5. The Morgan fingerprint density at radius 1 is 0.654 bits per heavy atom. The molecule has 3 aromatic rings. The second kappa shape index (κ2) is 6.79. The Morgan fingerprint density at radius 3 is 1.38 bits per heavy atom. The minimum Gasteiger partial charge on any atom is -0.493 e. The van der Waals surface area contributed by atoms with E-state index in [1.165, 1.54) is 0 Å². The molecule has 0 atom stereocenters. The van der Waals surface area contributed by atoms with Crippen molar-refractivity contribution < 1.29 is 18.9 Å². The molecule has 26 heavy (non-hydrogen) atoms. The summed E-state index contributed by atoms with van der Waals surface area (Å²) >= 11 is 0. The molecule has 0 unspecified atom stereocenters. The van der Waals surface area contributed by atoms with E-state index in [9.17, 15) is 0 Å². The van der Waals surface area contributed by atoms with Crippen molar-refractivity contribution in [2.75, 3.05) is 28.4 Å². The van der Waals surface area contributed by atoms with Gasteiger partial charge in [0.15, 0.2) is 23.0 Å². The van der Waals surface area contributed by atoms with Crippen molar-refractivity contribution in [3.05, 3.63) is 42.0 Å². The molecule has 0 saturated heterocycles. The van der Waals surface area contributed by atoms with Gasteiger partial charge in [-0.2, -0.15) is 0 Å². The third-order valence-electron chi connectivity index (χ3n) is 4.81. The largest absolute Gasteiger partial charge is 0.493 e. The summed E-state index contributed by atoms with van der Waals surface area (Å²) in [6, 6.07) is 8.05. The molecule has 4 nitrogen and oxygen atoms in total. The fraction of sp³-hybridized carbons (Fsp3) is 0.273. The van der Waals surface area contributed by atoms with Gasteiger partial charge in [-0.05, 0) is 70.8 Å². The number of hydrogen-bond acceptors (Lipinski definition) is 4. The SMILES string of the molecule is C=C(C)c1c(C)c2cc(OC)c(OC)cc2c2cc(OC)c(OC)cc12. The van der Waals surface area contributed by atoms with Gasteiger partial charge < -0.3 is 18.9 Å². The van der Waals surface area contributed by atoms with E-state index in [2.05, 4.69) is 13.5 Å². The van der Waals surface area contributed by atoms with Gasteiger partial charge in [0.25, 0.3) is 0 Å². The van der Waals surface area contributed by atoms with Crippen molar-refractivity contribution in [3.8, 4) is 23.0 Å². The quantitative estimate of drug-likeness (QED) is 0.579. The van der Waals surface area contributed by atoms with Gasteiger partial charge in [-0.15, -0.1) is 0 Å². The molecule has 3 aromatic carbocycles. The normalized spacial score (nSPS) is 10.8. The van der Waals surface area contributed by atoms with Gasteiger partial charge in [-0.1, -0.05) is 12.2 Å². The number of fused-ring (bicyclic) bond motifs is 3. The Bertz CT molecular complexity index is 1020. The molecular formula is C22H24O4. The number of methoxy groups -OCH3 is 4. The van der Waals surface area contributed by atoms with Crippen LogP contribution in [0.25, 0.3) is 27.1 Å². The zero-order chi connectivity index (χ0) is 19.0. The number of hydrogen-bond donors (Lipinski definition) is 0. The Labute approximate surface area is 153 Å². The van der Waals surface area contributed by atoms with Crippen molar-refractivity contribution in [1.29, 1.82) is 0 Å². The molecule has 0 radical (unpaired) electrons. The molecule has 0 aliphatic rings. The van der Waals surface area contributed by atoms with Crippen LogP contribution in [-0.4, -0.2) is 28.4 Å². The molecule has 0 spiro atoms. The first kappa shape index (κ1) is 17.9. The van der Waals surface area contributed by atoms with Crippen molar-refractivity contribution in [1.82, 2.24) is 0 Å². The molecule has 0 bridgehead atoms. The van der Waals surface area contributed by atoms with Crippen molar-refractivity contribution >= 4 is 27.1 Å². The number of ether oxygens (including phenoxy) is 4. The first-order valence-electron chi connectivity index (χ1n) is 8.36. The highest BCUT2D eigenvalue weighted by Gasteiger charge is 2.18. The predicted octanol–water partition coefficient (Wildman–Crippen LogP) is 5.37. The van der Waals surface area contributed by atoms with Crippen LogP contribution < -0.4 is 18.9 Å². The summed E-state index contributed by atoms with van der Waals surface area (Å²) in [6.07, 6.45) is 0. The van der Waals surface area contributed by atoms with E-state index in [4.69, 9.17) is 18.9 Å². The molecule has 0 aliphatic heterocycles. The number of aryl methyl sites for hydroxylation is 1. The minimum atomic E-state index is 0.688. The van der Waals surface area contributed by atoms with Crippen molar-refractivity contribution in [2.45, 2.75) is 13.8 Å². The van der Waals surface area contributed by atoms with E-state index in [-0.39, 0.29) is 0 Å². The fourth-order valence-corrected chi connectivity index (χ4v) is 3.61. The molecule has 3 rings (SSSR count). The van der Waals surface area contributed by atoms with E-state index < -0.39 is 0 Å². The molecule has 0 heterocycles. The van der Waals surface area contributed by atoms with Crippen LogP contribution in [0.1, 0.15) is 18.1 Å². The highest BCUT2D eigenvalue weighted by Crippen LogP contribution is 2.44. The maximum absolute atomic E-state index is 5.52. The van der Waals surface area contributed by atoms with Crippen molar-refractivity contribution in [3.63, 3.8) is 0 Å². The average Bonchev–Trinajstić information content (AvgIpc) is 2.65. The molecule has 136 valence electrons. The Kier molecular flexibility index (Phi) is 4.68. The van der Waals surface area contributed by atoms with Crippen LogP contribution in [0.2, 0.25) is 0 Å². The maximum atomic E-state index is 5.52. The van der Waals surface area contributed by atoms with Gasteiger partial charge in [0, 0.05) is 0 Å². The van der Waals surface area contributed by atoms with Crippen LogP contribution in [0.5, 0.6) is 23.0 Å². The third-order valence-corrected chi connectivity index (χ3v) is 4.81.